The lowest BCUT2D eigenvalue weighted by molar-refractivity contribution is 0.628. The Labute approximate surface area is 155 Å². The van der Waals surface area contributed by atoms with Crippen LogP contribution in [-0.2, 0) is 0 Å². The van der Waals surface area contributed by atoms with E-state index in [1.54, 1.807) is 12.1 Å². The molecule has 2 nitrogen and oxygen atoms in total. The van der Waals surface area contributed by atoms with E-state index in [4.69, 9.17) is 0 Å². The third-order valence-corrected chi connectivity index (χ3v) is 5.26. The molecule has 4 heteroatoms. The predicted octanol–water partition coefficient (Wildman–Crippen LogP) is 5.90. The van der Waals surface area contributed by atoms with Crippen molar-refractivity contribution >= 4 is 34.5 Å². The second-order valence-electron chi connectivity index (χ2n) is 5.83. The molecule has 3 aromatic rings. The number of benzene rings is 2. The Bertz CT molecular complexity index is 908. The molecule has 0 N–H and O–H groups in total. The molecular weight excluding hydrogens is 414 g/mol. The molecule has 1 aromatic heterocycles. The van der Waals surface area contributed by atoms with Crippen molar-refractivity contribution in [3.63, 3.8) is 0 Å². The van der Waals surface area contributed by atoms with Gasteiger partial charge in [0.1, 0.15) is 5.82 Å². The Morgan fingerprint density at radius 3 is 2.38 bits per heavy atom. The molecule has 24 heavy (non-hydrogen) atoms. The van der Waals surface area contributed by atoms with E-state index < -0.39 is 0 Å². The van der Waals surface area contributed by atoms with Crippen LogP contribution in [0.3, 0.4) is 0 Å². The molecule has 0 spiro atoms. The van der Waals surface area contributed by atoms with Crippen LogP contribution in [0.15, 0.2) is 53.5 Å². The average molecular weight is 432 g/mol. The third kappa shape index (κ3) is 3.43. The van der Waals surface area contributed by atoms with Crippen LogP contribution in [-0.4, -0.2) is 10.8 Å². The molecular formula is C20H18FIN2. The minimum absolute atomic E-state index is 0.249. The summed E-state index contributed by atoms with van der Waals surface area (Å²) in [6, 6.07) is 14.8. The number of hydrogen-bond donors (Lipinski definition) is 0. The highest BCUT2D eigenvalue weighted by Gasteiger charge is 2.10. The molecule has 0 bridgehead atoms. The highest BCUT2D eigenvalue weighted by molar-refractivity contribution is 14.1. The van der Waals surface area contributed by atoms with Gasteiger partial charge in [0.2, 0.25) is 0 Å². The van der Waals surface area contributed by atoms with Crippen molar-refractivity contribution in [3.8, 4) is 5.69 Å². The second-order valence-corrected chi connectivity index (χ2v) is 6.99. The first kappa shape index (κ1) is 16.9. The fourth-order valence-electron chi connectivity index (χ4n) is 2.75. The number of aryl methyl sites for hydroxylation is 2. The smallest absolute Gasteiger partial charge is 0.123 e. The van der Waals surface area contributed by atoms with Crippen LogP contribution in [0.1, 0.15) is 22.5 Å². The predicted molar refractivity (Wildman–Crippen MR) is 106 cm³/mol. The first-order chi connectivity index (χ1) is 11.5. The summed E-state index contributed by atoms with van der Waals surface area (Å²) in [7, 11) is 0. The van der Waals surface area contributed by atoms with Crippen LogP contribution in [0.2, 0.25) is 0 Å². The molecule has 122 valence electrons. The maximum atomic E-state index is 13.0. The minimum atomic E-state index is -0.249. The number of halogens is 2. The first-order valence-electron chi connectivity index (χ1n) is 7.71. The van der Waals surface area contributed by atoms with Crippen LogP contribution in [0.25, 0.3) is 5.69 Å². The highest BCUT2D eigenvalue weighted by Crippen LogP contribution is 2.23. The summed E-state index contributed by atoms with van der Waals surface area (Å²) < 4.78 is 16.5. The Kier molecular flexibility index (Phi) is 4.85. The zero-order valence-electron chi connectivity index (χ0n) is 13.8. The summed E-state index contributed by atoms with van der Waals surface area (Å²) in [5.74, 6) is -0.249. The number of aliphatic imine (C=N–C) groups is 1. The maximum Gasteiger partial charge on any atom is 0.123 e. The van der Waals surface area contributed by atoms with Crippen molar-refractivity contribution in [2.45, 2.75) is 20.8 Å². The summed E-state index contributed by atoms with van der Waals surface area (Å²) in [5.41, 5.74) is 6.53. The van der Waals surface area contributed by atoms with E-state index >= 15 is 0 Å². The van der Waals surface area contributed by atoms with Gasteiger partial charge in [0, 0.05) is 32.4 Å². The van der Waals surface area contributed by atoms with E-state index in [1.807, 2.05) is 6.21 Å². The lowest BCUT2D eigenvalue weighted by Gasteiger charge is -2.11. The molecule has 0 saturated heterocycles. The van der Waals surface area contributed by atoms with Gasteiger partial charge in [-0.25, -0.2) is 4.39 Å². The van der Waals surface area contributed by atoms with Crippen molar-refractivity contribution < 1.29 is 4.39 Å². The summed E-state index contributed by atoms with van der Waals surface area (Å²) in [6.45, 7) is 6.30. The molecule has 0 aliphatic heterocycles. The van der Waals surface area contributed by atoms with Crippen LogP contribution in [0.4, 0.5) is 10.1 Å². The van der Waals surface area contributed by atoms with Gasteiger partial charge in [-0.15, -0.1) is 0 Å². The Morgan fingerprint density at radius 1 is 1.00 bits per heavy atom. The SMILES string of the molecule is Cc1cc(-n2c(C)cc(C=Nc3ccc(F)cc3)c2C)ccc1I. The summed E-state index contributed by atoms with van der Waals surface area (Å²) >= 11 is 2.35. The largest absolute Gasteiger partial charge is 0.318 e. The number of hydrogen-bond acceptors (Lipinski definition) is 1. The van der Waals surface area contributed by atoms with Crippen molar-refractivity contribution in [2.24, 2.45) is 4.99 Å². The van der Waals surface area contributed by atoms with Gasteiger partial charge in [-0.1, -0.05) is 0 Å². The van der Waals surface area contributed by atoms with E-state index in [2.05, 4.69) is 77.2 Å². The second kappa shape index (κ2) is 6.89. The van der Waals surface area contributed by atoms with E-state index in [-0.39, 0.29) is 5.82 Å². The Morgan fingerprint density at radius 2 is 1.71 bits per heavy atom. The maximum absolute atomic E-state index is 13.0. The first-order valence-corrected chi connectivity index (χ1v) is 8.78. The summed E-state index contributed by atoms with van der Waals surface area (Å²) in [5, 5.41) is 0. The van der Waals surface area contributed by atoms with E-state index in [0.29, 0.717) is 0 Å². The molecule has 0 aliphatic carbocycles. The molecule has 3 rings (SSSR count). The van der Waals surface area contributed by atoms with E-state index in [1.165, 1.54) is 21.3 Å². The fraction of sp³-hybridized carbons (Fsp3) is 0.150. The molecule has 0 fully saturated rings. The molecule has 0 atom stereocenters. The van der Waals surface area contributed by atoms with Gasteiger partial charge in [-0.05, 0) is 97.5 Å². The lowest BCUT2D eigenvalue weighted by Crippen LogP contribution is -2.00. The van der Waals surface area contributed by atoms with Gasteiger partial charge in [0.05, 0.1) is 5.69 Å². The molecule has 0 amide bonds. The molecule has 0 radical (unpaired) electrons. The zero-order valence-corrected chi connectivity index (χ0v) is 16.0. The third-order valence-electron chi connectivity index (χ3n) is 4.05. The van der Waals surface area contributed by atoms with Crippen molar-refractivity contribution in [2.75, 3.05) is 0 Å². The lowest BCUT2D eigenvalue weighted by atomic mass is 10.2. The number of aromatic nitrogens is 1. The molecule has 1 heterocycles. The monoisotopic (exact) mass is 432 g/mol. The van der Waals surface area contributed by atoms with Crippen molar-refractivity contribution in [1.82, 2.24) is 4.57 Å². The molecule has 0 saturated carbocycles. The fourth-order valence-corrected chi connectivity index (χ4v) is 3.09. The zero-order chi connectivity index (χ0) is 17.3. The van der Waals surface area contributed by atoms with Crippen LogP contribution >= 0.6 is 22.6 Å². The van der Waals surface area contributed by atoms with Gasteiger partial charge in [-0.2, -0.15) is 0 Å². The Balaban J connectivity index is 1.97. The number of nitrogens with zero attached hydrogens (tertiary/aromatic N) is 2. The molecule has 0 aliphatic rings. The molecule has 0 unspecified atom stereocenters. The summed E-state index contributed by atoms with van der Waals surface area (Å²) in [6.07, 6.45) is 1.84. The van der Waals surface area contributed by atoms with Crippen LogP contribution in [0, 0.1) is 30.2 Å². The van der Waals surface area contributed by atoms with Gasteiger partial charge in [0.25, 0.3) is 0 Å². The minimum Gasteiger partial charge on any atom is -0.318 e. The van der Waals surface area contributed by atoms with Crippen molar-refractivity contribution in [3.05, 3.63) is 80.4 Å². The normalized spacial score (nSPS) is 11.4. The van der Waals surface area contributed by atoms with Crippen molar-refractivity contribution in [1.29, 1.82) is 0 Å². The van der Waals surface area contributed by atoms with Gasteiger partial charge in [0.15, 0.2) is 0 Å². The van der Waals surface area contributed by atoms with E-state index in [9.17, 15) is 4.39 Å². The summed E-state index contributed by atoms with van der Waals surface area (Å²) in [4.78, 5) is 4.45. The van der Waals surface area contributed by atoms with E-state index in [0.717, 1.165) is 28.3 Å². The quantitative estimate of drug-likeness (QED) is 0.363. The van der Waals surface area contributed by atoms with Crippen LogP contribution < -0.4 is 0 Å². The van der Waals surface area contributed by atoms with Gasteiger partial charge in [-0.3, -0.25) is 4.99 Å². The average Bonchev–Trinajstić information content (AvgIpc) is 2.84. The van der Waals surface area contributed by atoms with Gasteiger partial charge >= 0.3 is 0 Å². The Hall–Kier alpha value is -1.95. The topological polar surface area (TPSA) is 17.3 Å². The van der Waals surface area contributed by atoms with Crippen LogP contribution in [0.5, 0.6) is 0 Å². The van der Waals surface area contributed by atoms with Gasteiger partial charge < -0.3 is 4.57 Å². The molecule has 2 aromatic carbocycles. The highest BCUT2D eigenvalue weighted by atomic mass is 127. The number of rotatable bonds is 3. The standard InChI is InChI=1S/C20H18FIN2/c1-13-10-19(8-9-20(13)22)24-14(2)11-16(15(24)3)12-23-18-6-4-17(21)5-7-18/h4-12H,1-3H3.